The number of hydrogen-bond donors (Lipinski definition) is 3. The zero-order valence-electron chi connectivity index (χ0n) is 23.8. The largest absolute Gasteiger partial charge is 0.462 e. The molecule has 3 N–H and O–H groups in total. The van der Waals surface area contributed by atoms with Gasteiger partial charge in [0.25, 0.3) is 0 Å². The molecule has 42 heavy (non-hydrogen) atoms. The lowest BCUT2D eigenvalue weighted by atomic mass is 9.93. The Morgan fingerprint density at radius 2 is 1.36 bits per heavy atom. The Morgan fingerprint density at radius 3 is 1.74 bits per heavy atom. The average Bonchev–Trinajstić information content (AvgIpc) is 3.00. The van der Waals surface area contributed by atoms with Gasteiger partial charge in [-0.25, -0.2) is 4.79 Å². The molecule has 0 saturated heterocycles. The van der Waals surface area contributed by atoms with Crippen molar-refractivity contribution in [1.29, 1.82) is 0 Å². The van der Waals surface area contributed by atoms with Crippen LogP contribution in [0.5, 0.6) is 0 Å². The van der Waals surface area contributed by atoms with Gasteiger partial charge in [0, 0.05) is 29.2 Å². The molecule has 0 aromatic heterocycles. The fraction of sp³-hybridized carbons (Fsp3) is 0.438. The Hall–Kier alpha value is -3.34. The van der Waals surface area contributed by atoms with Gasteiger partial charge in [-0.05, 0) is 36.8 Å². The number of esters is 1. The lowest BCUT2D eigenvalue weighted by Gasteiger charge is -2.27. The summed E-state index contributed by atoms with van der Waals surface area (Å²) < 4.78 is 64.4. The highest BCUT2D eigenvalue weighted by Crippen LogP contribution is 2.49. The number of ether oxygens (including phenoxy) is 1. The topological polar surface area (TPSA) is 104 Å². The molecule has 0 fully saturated rings. The van der Waals surface area contributed by atoms with Crippen LogP contribution in [-0.4, -0.2) is 54.0 Å². The number of unbranched alkanes of at least 4 members (excludes halogenated alkanes) is 2. The van der Waals surface area contributed by atoms with Gasteiger partial charge in [0.15, 0.2) is 0 Å². The van der Waals surface area contributed by atoms with Gasteiger partial charge in [0.1, 0.15) is 6.29 Å². The third-order valence-corrected chi connectivity index (χ3v) is 6.50. The summed E-state index contributed by atoms with van der Waals surface area (Å²) >= 11 is 0. The van der Waals surface area contributed by atoms with Crippen LogP contribution in [0.2, 0.25) is 0 Å². The highest BCUT2D eigenvalue weighted by Gasteiger charge is 2.58. The molecule has 0 radical (unpaired) electrons. The van der Waals surface area contributed by atoms with Gasteiger partial charge in [-0.2, -0.15) is 17.6 Å². The van der Waals surface area contributed by atoms with Crippen molar-refractivity contribution in [3.05, 3.63) is 95.1 Å². The van der Waals surface area contributed by atoms with E-state index >= 15 is 0 Å². The molecule has 0 bridgehead atoms. The highest BCUT2D eigenvalue weighted by molar-refractivity contribution is 5.87. The van der Waals surface area contributed by atoms with Gasteiger partial charge in [-0.1, -0.05) is 81.5 Å². The first-order valence-electron chi connectivity index (χ1n) is 13.6. The molecule has 0 aliphatic carbocycles. The maximum Gasteiger partial charge on any atom is 0.339 e. The average molecular weight is 597 g/mol. The minimum Gasteiger partial charge on any atom is -0.462 e. The molecule has 10 heteroatoms. The predicted molar refractivity (Wildman–Crippen MR) is 152 cm³/mol. The summed E-state index contributed by atoms with van der Waals surface area (Å²) in [7, 11) is 0. The van der Waals surface area contributed by atoms with E-state index in [4.69, 9.17) is 14.9 Å². The Kier molecular flexibility index (Phi) is 15.9. The molecule has 6 nitrogen and oxygen atoms in total. The van der Waals surface area contributed by atoms with Crippen LogP contribution >= 0.6 is 0 Å². The van der Waals surface area contributed by atoms with Crippen molar-refractivity contribution < 1.29 is 47.2 Å². The number of aliphatic hydroxyl groups is 3. The third kappa shape index (κ3) is 11.2. The molecule has 232 valence electrons. The number of carbonyl (C=O) groups excluding carboxylic acids is 2. The Morgan fingerprint density at radius 1 is 0.857 bits per heavy atom. The zero-order valence-corrected chi connectivity index (χ0v) is 23.8. The number of aldehydes is 1. The summed E-state index contributed by atoms with van der Waals surface area (Å²) in [6.45, 7) is 7.43. The Balaban J connectivity index is 0.00000132. The second-order valence-electron chi connectivity index (χ2n) is 9.88. The predicted octanol–water partition coefficient (Wildman–Crippen LogP) is 5.67. The SMILES string of the molecule is C=C(C=O)CO.C=C(CO)C(=O)OCC(CO)CCc1ccc(C(F)(F)C(F)(F)c2ccc(CCCCC)cc2)cc1. The van der Waals surface area contributed by atoms with Crippen LogP contribution in [0, 0.1) is 5.92 Å². The molecule has 2 rings (SSSR count). The minimum atomic E-state index is -4.41. The summed E-state index contributed by atoms with van der Waals surface area (Å²) in [5, 5.41) is 26.4. The Bertz CT molecular complexity index is 1130. The molecule has 0 aliphatic heterocycles. The maximum atomic E-state index is 14.9. The van der Waals surface area contributed by atoms with E-state index in [1.807, 2.05) is 0 Å². The summed E-state index contributed by atoms with van der Waals surface area (Å²) in [5.41, 5.74) is 0.0279. The smallest absolute Gasteiger partial charge is 0.339 e. The second-order valence-corrected chi connectivity index (χ2v) is 9.88. The maximum absolute atomic E-state index is 14.9. The van der Waals surface area contributed by atoms with Crippen LogP contribution in [0.4, 0.5) is 17.6 Å². The normalized spacial score (nSPS) is 12.1. The van der Waals surface area contributed by atoms with Crippen LogP contribution in [0.3, 0.4) is 0 Å². The standard InChI is InChI=1S/C28H34F4O4.C4H6O2/c1-3-4-5-6-21-9-13-24(14-10-21)27(29,30)28(31,32)25-15-11-22(12-16-25)7-8-23(18-34)19-36-26(35)20(2)17-33;1-4(2-5)3-6/h9-16,23,33-34H,2-8,17-19H2,1H3;2,6H,1,3H2. The quantitative estimate of drug-likeness (QED) is 0.0715. The lowest BCUT2D eigenvalue weighted by molar-refractivity contribution is -0.223. The summed E-state index contributed by atoms with van der Waals surface area (Å²) in [6.07, 6.45) is 4.92. The number of carbonyl (C=O) groups is 2. The first-order valence-corrected chi connectivity index (χ1v) is 13.6. The van der Waals surface area contributed by atoms with E-state index in [2.05, 4.69) is 20.1 Å². The van der Waals surface area contributed by atoms with Crippen molar-refractivity contribution >= 4 is 12.3 Å². The fourth-order valence-corrected chi connectivity index (χ4v) is 3.70. The number of rotatable bonds is 17. The van der Waals surface area contributed by atoms with E-state index in [1.54, 1.807) is 0 Å². The van der Waals surface area contributed by atoms with E-state index in [0.29, 0.717) is 24.7 Å². The second kappa shape index (κ2) is 18.3. The van der Waals surface area contributed by atoms with Crippen molar-refractivity contribution in [1.82, 2.24) is 0 Å². The van der Waals surface area contributed by atoms with Crippen molar-refractivity contribution in [2.24, 2.45) is 5.92 Å². The van der Waals surface area contributed by atoms with Gasteiger partial charge in [0.05, 0.1) is 25.4 Å². The van der Waals surface area contributed by atoms with Crippen molar-refractivity contribution in [2.45, 2.75) is 57.3 Å². The number of aryl methyl sites for hydroxylation is 2. The Labute approximate surface area is 244 Å². The van der Waals surface area contributed by atoms with E-state index < -0.39 is 41.5 Å². The van der Waals surface area contributed by atoms with E-state index in [0.717, 1.165) is 55.5 Å². The number of benzene rings is 2. The molecule has 0 saturated carbocycles. The van der Waals surface area contributed by atoms with Gasteiger partial charge in [-0.3, -0.25) is 4.79 Å². The first-order chi connectivity index (χ1) is 19.9. The zero-order chi connectivity index (χ0) is 31.8. The molecule has 0 amide bonds. The molecule has 2 aromatic rings. The fourth-order valence-electron chi connectivity index (χ4n) is 3.70. The molecular formula is C32H40F4O6. The van der Waals surface area contributed by atoms with Crippen molar-refractivity contribution in [2.75, 3.05) is 26.4 Å². The van der Waals surface area contributed by atoms with Crippen LogP contribution in [-0.2, 0) is 39.0 Å². The van der Waals surface area contributed by atoms with Crippen LogP contribution in [0.1, 0.15) is 54.9 Å². The van der Waals surface area contributed by atoms with E-state index in [9.17, 15) is 32.3 Å². The number of alkyl halides is 4. The molecular weight excluding hydrogens is 556 g/mol. The summed E-state index contributed by atoms with van der Waals surface area (Å²) in [4.78, 5) is 21.0. The first kappa shape index (κ1) is 36.7. The van der Waals surface area contributed by atoms with E-state index in [1.165, 1.54) is 24.3 Å². The van der Waals surface area contributed by atoms with Crippen LogP contribution in [0.15, 0.2) is 72.8 Å². The molecule has 0 aliphatic rings. The molecule has 1 atom stereocenters. The summed E-state index contributed by atoms with van der Waals surface area (Å²) in [5.74, 6) is -9.99. The number of aliphatic hydroxyl groups excluding tert-OH is 3. The van der Waals surface area contributed by atoms with E-state index in [-0.39, 0.29) is 31.0 Å². The van der Waals surface area contributed by atoms with Crippen LogP contribution in [0.25, 0.3) is 0 Å². The lowest BCUT2D eigenvalue weighted by Crippen LogP contribution is -2.35. The monoisotopic (exact) mass is 596 g/mol. The third-order valence-electron chi connectivity index (χ3n) is 6.50. The van der Waals surface area contributed by atoms with Gasteiger partial charge in [-0.15, -0.1) is 0 Å². The molecule has 2 aromatic carbocycles. The van der Waals surface area contributed by atoms with Gasteiger partial charge < -0.3 is 20.1 Å². The molecule has 0 spiro atoms. The number of hydrogen-bond acceptors (Lipinski definition) is 6. The van der Waals surface area contributed by atoms with Crippen molar-refractivity contribution in [3.63, 3.8) is 0 Å². The van der Waals surface area contributed by atoms with Crippen molar-refractivity contribution in [3.8, 4) is 0 Å². The highest BCUT2D eigenvalue weighted by atomic mass is 19.3. The number of halogens is 4. The van der Waals surface area contributed by atoms with Gasteiger partial charge >= 0.3 is 17.8 Å². The minimum absolute atomic E-state index is 0.103. The summed E-state index contributed by atoms with van der Waals surface area (Å²) in [6, 6.07) is 9.78. The molecule has 0 heterocycles. The molecule has 1 unspecified atom stereocenters. The van der Waals surface area contributed by atoms with Crippen LogP contribution < -0.4 is 0 Å². The van der Waals surface area contributed by atoms with Gasteiger partial charge in [0.2, 0.25) is 0 Å².